The standard InChI is InChI=1S/C9H20N2O2/c1-3-11(7-8-12)6-4-5-10-9(2)13/h12H,3-8H2,1-2H3,(H,10,13). The van der Waals surface area contributed by atoms with E-state index in [9.17, 15) is 4.79 Å². The van der Waals surface area contributed by atoms with Crippen molar-refractivity contribution in [1.82, 2.24) is 10.2 Å². The van der Waals surface area contributed by atoms with Crippen molar-refractivity contribution in [1.29, 1.82) is 0 Å². The number of amides is 1. The van der Waals surface area contributed by atoms with Crippen LogP contribution in [-0.4, -0.2) is 48.7 Å². The molecule has 0 aromatic carbocycles. The highest BCUT2D eigenvalue weighted by Crippen LogP contribution is 1.89. The number of nitrogens with one attached hydrogen (secondary N) is 1. The molecule has 0 spiro atoms. The summed E-state index contributed by atoms with van der Waals surface area (Å²) >= 11 is 0. The molecule has 0 unspecified atom stereocenters. The first-order valence-corrected chi connectivity index (χ1v) is 4.78. The number of carbonyl (C=O) groups excluding carboxylic acids is 1. The fourth-order valence-corrected chi connectivity index (χ4v) is 1.14. The highest BCUT2D eigenvalue weighted by molar-refractivity contribution is 5.72. The van der Waals surface area contributed by atoms with Crippen LogP contribution < -0.4 is 5.32 Å². The molecule has 2 N–H and O–H groups in total. The van der Waals surface area contributed by atoms with Crippen molar-refractivity contribution < 1.29 is 9.90 Å². The molecule has 0 saturated heterocycles. The van der Waals surface area contributed by atoms with E-state index in [4.69, 9.17) is 5.11 Å². The number of hydrogen-bond donors (Lipinski definition) is 2. The van der Waals surface area contributed by atoms with Crippen molar-refractivity contribution in [2.75, 3.05) is 32.8 Å². The molecule has 0 bridgehead atoms. The topological polar surface area (TPSA) is 52.6 Å². The number of likely N-dealkylation sites (N-methyl/N-ethyl adjacent to an activating group) is 1. The summed E-state index contributed by atoms with van der Waals surface area (Å²) in [6.45, 7) is 7.10. The van der Waals surface area contributed by atoms with E-state index >= 15 is 0 Å². The Morgan fingerprint density at radius 3 is 2.62 bits per heavy atom. The zero-order valence-corrected chi connectivity index (χ0v) is 8.55. The van der Waals surface area contributed by atoms with Crippen molar-refractivity contribution in [2.24, 2.45) is 0 Å². The average Bonchev–Trinajstić information content (AvgIpc) is 2.10. The molecule has 0 saturated carbocycles. The van der Waals surface area contributed by atoms with Crippen LogP contribution in [0.15, 0.2) is 0 Å². The van der Waals surface area contributed by atoms with Crippen LogP contribution in [0.5, 0.6) is 0 Å². The van der Waals surface area contributed by atoms with Crippen molar-refractivity contribution in [3.05, 3.63) is 0 Å². The maximum atomic E-state index is 10.5. The minimum atomic E-state index is 0.0187. The van der Waals surface area contributed by atoms with Crippen LogP contribution in [0, 0.1) is 0 Å². The number of carbonyl (C=O) groups is 1. The van der Waals surface area contributed by atoms with Gasteiger partial charge in [0.05, 0.1) is 6.61 Å². The molecule has 0 aliphatic rings. The van der Waals surface area contributed by atoms with Gasteiger partial charge in [0.1, 0.15) is 0 Å². The van der Waals surface area contributed by atoms with E-state index in [2.05, 4.69) is 17.1 Å². The van der Waals surface area contributed by atoms with Crippen LogP contribution in [0.3, 0.4) is 0 Å². The predicted molar refractivity (Wildman–Crippen MR) is 52.5 cm³/mol. The fourth-order valence-electron chi connectivity index (χ4n) is 1.14. The second kappa shape index (κ2) is 8.01. The average molecular weight is 188 g/mol. The second-order valence-electron chi connectivity index (χ2n) is 2.99. The lowest BCUT2D eigenvalue weighted by Gasteiger charge is -2.18. The molecule has 0 aromatic heterocycles. The van der Waals surface area contributed by atoms with Gasteiger partial charge in [0.25, 0.3) is 0 Å². The summed E-state index contributed by atoms with van der Waals surface area (Å²) in [5.74, 6) is 0.0187. The number of aliphatic hydroxyl groups is 1. The summed E-state index contributed by atoms with van der Waals surface area (Å²) in [5, 5.41) is 11.4. The Bertz CT molecular complexity index is 140. The van der Waals surface area contributed by atoms with Crippen molar-refractivity contribution >= 4 is 5.91 Å². The third-order valence-corrected chi connectivity index (χ3v) is 1.89. The zero-order valence-electron chi connectivity index (χ0n) is 8.55. The van der Waals surface area contributed by atoms with Crippen LogP contribution in [0.25, 0.3) is 0 Å². The summed E-state index contributed by atoms with van der Waals surface area (Å²) in [7, 11) is 0. The first kappa shape index (κ1) is 12.4. The van der Waals surface area contributed by atoms with Gasteiger partial charge in [-0.05, 0) is 19.5 Å². The Balaban J connectivity index is 3.32. The Morgan fingerprint density at radius 1 is 1.46 bits per heavy atom. The van der Waals surface area contributed by atoms with Gasteiger partial charge in [-0.3, -0.25) is 4.79 Å². The van der Waals surface area contributed by atoms with E-state index < -0.39 is 0 Å². The molecule has 0 aliphatic carbocycles. The normalized spacial score (nSPS) is 10.5. The van der Waals surface area contributed by atoms with E-state index in [-0.39, 0.29) is 12.5 Å². The highest BCUT2D eigenvalue weighted by atomic mass is 16.3. The smallest absolute Gasteiger partial charge is 0.216 e. The second-order valence-corrected chi connectivity index (χ2v) is 2.99. The molecule has 0 atom stereocenters. The maximum absolute atomic E-state index is 10.5. The van der Waals surface area contributed by atoms with Crippen LogP contribution in [0.2, 0.25) is 0 Å². The summed E-state index contributed by atoms with van der Waals surface area (Å²) in [4.78, 5) is 12.7. The molecule has 0 rings (SSSR count). The Kier molecular flexibility index (Phi) is 7.63. The molecular weight excluding hydrogens is 168 g/mol. The molecular formula is C9H20N2O2. The van der Waals surface area contributed by atoms with E-state index in [0.717, 1.165) is 32.6 Å². The highest BCUT2D eigenvalue weighted by Gasteiger charge is 2.00. The van der Waals surface area contributed by atoms with Crippen LogP contribution in [-0.2, 0) is 4.79 Å². The van der Waals surface area contributed by atoms with Crippen molar-refractivity contribution in [3.63, 3.8) is 0 Å². The summed E-state index contributed by atoms with van der Waals surface area (Å²) < 4.78 is 0. The molecule has 13 heavy (non-hydrogen) atoms. The zero-order chi connectivity index (χ0) is 10.1. The van der Waals surface area contributed by atoms with E-state index in [1.54, 1.807) is 0 Å². The van der Waals surface area contributed by atoms with Gasteiger partial charge >= 0.3 is 0 Å². The molecule has 0 heterocycles. The first-order valence-electron chi connectivity index (χ1n) is 4.78. The largest absolute Gasteiger partial charge is 0.395 e. The third-order valence-electron chi connectivity index (χ3n) is 1.89. The number of nitrogens with zero attached hydrogens (tertiary/aromatic N) is 1. The van der Waals surface area contributed by atoms with Crippen LogP contribution in [0.1, 0.15) is 20.3 Å². The molecule has 0 aromatic rings. The molecule has 78 valence electrons. The molecule has 0 fully saturated rings. The van der Waals surface area contributed by atoms with Gasteiger partial charge in [0, 0.05) is 20.0 Å². The molecule has 1 amide bonds. The minimum absolute atomic E-state index is 0.0187. The van der Waals surface area contributed by atoms with Crippen LogP contribution in [0.4, 0.5) is 0 Å². The van der Waals surface area contributed by atoms with Gasteiger partial charge in [-0.25, -0.2) is 0 Å². The van der Waals surface area contributed by atoms with Gasteiger partial charge in [0.15, 0.2) is 0 Å². The quantitative estimate of drug-likeness (QED) is 0.545. The molecule has 0 aliphatic heterocycles. The van der Waals surface area contributed by atoms with Crippen molar-refractivity contribution in [2.45, 2.75) is 20.3 Å². The Labute approximate surface area is 79.9 Å². The Morgan fingerprint density at radius 2 is 2.15 bits per heavy atom. The summed E-state index contributed by atoms with van der Waals surface area (Å²) in [6.07, 6.45) is 0.938. The Hall–Kier alpha value is -0.610. The van der Waals surface area contributed by atoms with Gasteiger partial charge in [-0.15, -0.1) is 0 Å². The van der Waals surface area contributed by atoms with Crippen molar-refractivity contribution in [3.8, 4) is 0 Å². The lowest BCUT2D eigenvalue weighted by atomic mass is 10.3. The lowest BCUT2D eigenvalue weighted by molar-refractivity contribution is -0.118. The summed E-state index contributed by atoms with van der Waals surface area (Å²) in [6, 6.07) is 0. The third kappa shape index (κ3) is 7.74. The fraction of sp³-hybridized carbons (Fsp3) is 0.889. The molecule has 4 heteroatoms. The van der Waals surface area contributed by atoms with Gasteiger partial charge in [0.2, 0.25) is 5.91 Å². The predicted octanol–water partition coefficient (Wildman–Crippen LogP) is -0.173. The van der Waals surface area contributed by atoms with E-state index in [1.807, 2.05) is 0 Å². The molecule has 4 nitrogen and oxygen atoms in total. The first-order chi connectivity index (χ1) is 6.20. The van der Waals surface area contributed by atoms with Crippen LogP contribution >= 0.6 is 0 Å². The number of rotatable bonds is 7. The van der Waals surface area contributed by atoms with E-state index in [1.165, 1.54) is 6.92 Å². The SMILES string of the molecule is CCN(CCO)CCCNC(C)=O. The number of hydrogen-bond acceptors (Lipinski definition) is 3. The van der Waals surface area contributed by atoms with Gasteiger partial charge < -0.3 is 15.3 Å². The molecule has 0 radical (unpaired) electrons. The monoisotopic (exact) mass is 188 g/mol. The van der Waals surface area contributed by atoms with E-state index in [0.29, 0.717) is 0 Å². The van der Waals surface area contributed by atoms with Gasteiger partial charge in [-0.1, -0.05) is 6.92 Å². The maximum Gasteiger partial charge on any atom is 0.216 e. The summed E-state index contributed by atoms with van der Waals surface area (Å²) in [5.41, 5.74) is 0. The number of aliphatic hydroxyl groups excluding tert-OH is 1. The minimum Gasteiger partial charge on any atom is -0.395 e. The van der Waals surface area contributed by atoms with Gasteiger partial charge in [-0.2, -0.15) is 0 Å². The lowest BCUT2D eigenvalue weighted by Crippen LogP contribution is -2.30.